The summed E-state index contributed by atoms with van der Waals surface area (Å²) in [6, 6.07) is 3.53. The van der Waals surface area contributed by atoms with Crippen LogP contribution in [-0.4, -0.2) is 28.9 Å². The van der Waals surface area contributed by atoms with Crippen LogP contribution in [0.2, 0.25) is 0 Å². The Morgan fingerprint density at radius 2 is 2.11 bits per heavy atom. The van der Waals surface area contributed by atoms with Gasteiger partial charge in [-0.1, -0.05) is 13.8 Å². The topological polar surface area (TPSA) is 70.8 Å². The van der Waals surface area contributed by atoms with E-state index in [4.69, 9.17) is 4.42 Å². The molecular weight excluding hydrogens is 246 g/mol. The average Bonchev–Trinajstić information content (AvgIpc) is 2.80. The lowest BCUT2D eigenvalue weighted by Gasteiger charge is -2.30. The molecule has 1 rings (SSSR count). The minimum absolute atomic E-state index is 0.0167. The first kappa shape index (κ1) is 15.3. The number of nitrogens with zero attached hydrogens (tertiary/aromatic N) is 1. The van der Waals surface area contributed by atoms with Crippen molar-refractivity contribution in [1.29, 1.82) is 0 Å². The summed E-state index contributed by atoms with van der Waals surface area (Å²) < 4.78 is 5.17. The third kappa shape index (κ3) is 3.59. The van der Waals surface area contributed by atoms with Crippen LogP contribution in [0.1, 0.15) is 33.0 Å². The number of carboxylic acids is 1. The van der Waals surface area contributed by atoms with E-state index in [9.17, 15) is 14.7 Å². The van der Waals surface area contributed by atoms with Gasteiger partial charge in [0.15, 0.2) is 0 Å². The number of hydrogen-bond acceptors (Lipinski definition) is 3. The zero-order valence-corrected chi connectivity index (χ0v) is 11.8. The van der Waals surface area contributed by atoms with E-state index in [1.54, 1.807) is 32.4 Å². The van der Waals surface area contributed by atoms with Gasteiger partial charge in [0.2, 0.25) is 5.91 Å². The van der Waals surface area contributed by atoms with Crippen LogP contribution in [0, 0.1) is 11.3 Å². The van der Waals surface area contributed by atoms with Crippen LogP contribution >= 0.6 is 0 Å². The molecule has 0 aliphatic carbocycles. The van der Waals surface area contributed by atoms with Crippen molar-refractivity contribution in [1.82, 2.24) is 4.90 Å². The fraction of sp³-hybridized carbons (Fsp3) is 0.571. The van der Waals surface area contributed by atoms with Gasteiger partial charge in [-0.05, 0) is 25.0 Å². The molecule has 0 spiro atoms. The normalized spacial score (nSPS) is 14.2. The smallest absolute Gasteiger partial charge is 0.310 e. The van der Waals surface area contributed by atoms with E-state index in [1.807, 2.05) is 13.8 Å². The summed E-state index contributed by atoms with van der Waals surface area (Å²) in [5.41, 5.74) is -1.05. The molecular formula is C14H21NO4. The van der Waals surface area contributed by atoms with Gasteiger partial charge in [0.1, 0.15) is 5.76 Å². The van der Waals surface area contributed by atoms with Crippen molar-refractivity contribution in [3.63, 3.8) is 0 Å². The molecule has 19 heavy (non-hydrogen) atoms. The van der Waals surface area contributed by atoms with Gasteiger partial charge in [-0.2, -0.15) is 0 Å². The average molecular weight is 267 g/mol. The van der Waals surface area contributed by atoms with Crippen LogP contribution in [0.25, 0.3) is 0 Å². The van der Waals surface area contributed by atoms with Gasteiger partial charge in [0, 0.05) is 13.5 Å². The van der Waals surface area contributed by atoms with Gasteiger partial charge >= 0.3 is 5.97 Å². The Morgan fingerprint density at radius 3 is 2.53 bits per heavy atom. The summed E-state index contributed by atoms with van der Waals surface area (Å²) in [5, 5.41) is 9.30. The summed E-state index contributed by atoms with van der Waals surface area (Å²) in [7, 11) is 1.65. The molecule has 1 unspecified atom stereocenters. The van der Waals surface area contributed by atoms with Crippen molar-refractivity contribution < 1.29 is 19.1 Å². The highest BCUT2D eigenvalue weighted by atomic mass is 16.4. The first-order valence-electron chi connectivity index (χ1n) is 6.27. The molecule has 0 saturated heterocycles. The monoisotopic (exact) mass is 267 g/mol. The fourth-order valence-electron chi connectivity index (χ4n) is 1.70. The van der Waals surface area contributed by atoms with Crippen molar-refractivity contribution >= 4 is 11.9 Å². The van der Waals surface area contributed by atoms with E-state index in [0.717, 1.165) is 0 Å². The van der Waals surface area contributed by atoms with E-state index in [-0.39, 0.29) is 18.2 Å². The maximum Gasteiger partial charge on any atom is 0.310 e. The maximum atomic E-state index is 12.1. The van der Waals surface area contributed by atoms with E-state index in [0.29, 0.717) is 12.3 Å². The van der Waals surface area contributed by atoms with Crippen LogP contribution in [0.3, 0.4) is 0 Å². The van der Waals surface area contributed by atoms with Gasteiger partial charge in [-0.3, -0.25) is 9.59 Å². The number of rotatable bonds is 6. The second-order valence-electron chi connectivity index (χ2n) is 5.38. The van der Waals surface area contributed by atoms with Crippen molar-refractivity contribution in [3.8, 4) is 0 Å². The second-order valence-corrected chi connectivity index (χ2v) is 5.38. The quantitative estimate of drug-likeness (QED) is 0.859. The van der Waals surface area contributed by atoms with Crippen LogP contribution < -0.4 is 0 Å². The predicted molar refractivity (Wildman–Crippen MR) is 70.4 cm³/mol. The van der Waals surface area contributed by atoms with Crippen LogP contribution in [0.15, 0.2) is 22.8 Å². The van der Waals surface area contributed by atoms with E-state index < -0.39 is 11.4 Å². The minimum Gasteiger partial charge on any atom is -0.481 e. The van der Waals surface area contributed by atoms with Crippen LogP contribution in [0.4, 0.5) is 0 Å². The van der Waals surface area contributed by atoms with Crippen molar-refractivity contribution in [2.75, 3.05) is 7.05 Å². The molecule has 5 heteroatoms. The molecule has 5 nitrogen and oxygen atoms in total. The Bertz CT molecular complexity index is 438. The molecule has 1 aromatic heterocycles. The zero-order chi connectivity index (χ0) is 14.6. The molecule has 0 saturated carbocycles. The maximum absolute atomic E-state index is 12.1. The number of carboxylic acid groups (broad SMARTS) is 1. The number of aliphatic carboxylic acids is 1. The lowest BCUT2D eigenvalue weighted by atomic mass is 9.76. The number of carbonyl (C=O) groups is 2. The van der Waals surface area contributed by atoms with Gasteiger partial charge in [0.05, 0.1) is 18.2 Å². The van der Waals surface area contributed by atoms with Gasteiger partial charge in [0.25, 0.3) is 0 Å². The third-order valence-corrected chi connectivity index (χ3v) is 3.68. The molecule has 0 bridgehead atoms. The Hall–Kier alpha value is -1.78. The highest BCUT2D eigenvalue weighted by Gasteiger charge is 2.39. The van der Waals surface area contributed by atoms with Gasteiger partial charge < -0.3 is 14.4 Å². The number of furan rings is 1. The summed E-state index contributed by atoms with van der Waals surface area (Å²) >= 11 is 0. The molecule has 1 aromatic rings. The molecule has 0 radical (unpaired) electrons. The van der Waals surface area contributed by atoms with E-state index in [1.165, 1.54) is 4.90 Å². The summed E-state index contributed by atoms with van der Waals surface area (Å²) in [6.07, 6.45) is 1.53. The van der Waals surface area contributed by atoms with E-state index >= 15 is 0 Å². The Balaban J connectivity index is 2.69. The summed E-state index contributed by atoms with van der Waals surface area (Å²) in [6.45, 7) is 5.58. The summed E-state index contributed by atoms with van der Waals surface area (Å²) in [5.74, 6) is -0.583. The highest BCUT2D eigenvalue weighted by molar-refractivity contribution is 5.84. The molecule has 0 aromatic carbocycles. The first-order valence-corrected chi connectivity index (χ1v) is 6.27. The number of hydrogen-bond donors (Lipinski definition) is 1. The Morgan fingerprint density at radius 1 is 1.47 bits per heavy atom. The molecule has 1 amide bonds. The lowest BCUT2D eigenvalue weighted by Crippen LogP contribution is -2.39. The van der Waals surface area contributed by atoms with Crippen molar-refractivity contribution in [2.45, 2.75) is 33.7 Å². The lowest BCUT2D eigenvalue weighted by molar-refractivity contribution is -0.155. The number of amides is 1. The standard InChI is InChI=1S/C14H21NO4/c1-10(2)14(3,13(17)18)8-12(16)15(4)9-11-6-5-7-19-11/h5-7,10H,8-9H2,1-4H3,(H,17,18). The van der Waals surface area contributed by atoms with Crippen molar-refractivity contribution in [3.05, 3.63) is 24.2 Å². The largest absolute Gasteiger partial charge is 0.481 e. The molecule has 0 fully saturated rings. The first-order chi connectivity index (χ1) is 8.77. The Labute approximate surface area is 113 Å². The van der Waals surface area contributed by atoms with Crippen molar-refractivity contribution in [2.24, 2.45) is 11.3 Å². The fourth-order valence-corrected chi connectivity index (χ4v) is 1.70. The molecule has 106 valence electrons. The predicted octanol–water partition coefficient (Wildman–Crippen LogP) is 2.38. The molecule has 0 aliphatic heterocycles. The molecule has 1 atom stereocenters. The molecule has 0 aliphatic rings. The van der Waals surface area contributed by atoms with Gasteiger partial charge in [-0.15, -0.1) is 0 Å². The molecule has 1 N–H and O–H groups in total. The number of carbonyl (C=O) groups excluding carboxylic acids is 1. The van der Waals surface area contributed by atoms with Crippen LogP contribution in [-0.2, 0) is 16.1 Å². The third-order valence-electron chi connectivity index (χ3n) is 3.68. The SMILES string of the molecule is CC(C)C(C)(CC(=O)N(C)Cc1ccco1)C(=O)O. The minimum atomic E-state index is -1.05. The molecule has 1 heterocycles. The van der Waals surface area contributed by atoms with E-state index in [2.05, 4.69) is 0 Å². The zero-order valence-electron chi connectivity index (χ0n) is 11.8. The van der Waals surface area contributed by atoms with Crippen LogP contribution in [0.5, 0.6) is 0 Å². The van der Waals surface area contributed by atoms with Gasteiger partial charge in [-0.25, -0.2) is 0 Å². The highest BCUT2D eigenvalue weighted by Crippen LogP contribution is 2.32. The second kappa shape index (κ2) is 5.91. The summed E-state index contributed by atoms with van der Waals surface area (Å²) in [4.78, 5) is 25.0. The Kier molecular flexibility index (Phi) is 4.75.